The van der Waals surface area contributed by atoms with Gasteiger partial charge in [-0.05, 0) is 13.0 Å². The largest absolute Gasteiger partial charge is 0.491 e. The summed E-state index contributed by atoms with van der Waals surface area (Å²) in [5.74, 6) is 1.59. The highest BCUT2D eigenvalue weighted by Gasteiger charge is 2.28. The second kappa shape index (κ2) is 5.48. The highest BCUT2D eigenvalue weighted by Crippen LogP contribution is 2.35. The fourth-order valence-corrected chi connectivity index (χ4v) is 2.63. The topological polar surface area (TPSA) is 103 Å². The van der Waals surface area contributed by atoms with Crippen molar-refractivity contribution in [2.24, 2.45) is 0 Å². The third kappa shape index (κ3) is 2.41. The third-order valence-electron chi connectivity index (χ3n) is 3.84. The molecule has 3 aromatic rings. The van der Waals surface area contributed by atoms with Gasteiger partial charge in [-0.25, -0.2) is 4.98 Å². The number of ether oxygens (including phenoxy) is 1. The van der Waals surface area contributed by atoms with Gasteiger partial charge in [-0.2, -0.15) is 4.98 Å². The Labute approximate surface area is 136 Å². The van der Waals surface area contributed by atoms with Crippen molar-refractivity contribution in [1.82, 2.24) is 20.4 Å². The van der Waals surface area contributed by atoms with Gasteiger partial charge in [-0.1, -0.05) is 17.3 Å². The first-order valence-electron chi connectivity index (χ1n) is 7.40. The van der Waals surface area contributed by atoms with Crippen LogP contribution in [0.15, 0.2) is 33.5 Å². The maximum atomic E-state index is 12.3. The van der Waals surface area contributed by atoms with Crippen LogP contribution >= 0.6 is 0 Å². The second-order valence-electron chi connectivity index (χ2n) is 5.49. The summed E-state index contributed by atoms with van der Waals surface area (Å²) in [6.07, 6.45) is 1.25. The van der Waals surface area contributed by atoms with Crippen molar-refractivity contribution < 1.29 is 18.5 Å². The first kappa shape index (κ1) is 14.4. The van der Waals surface area contributed by atoms with Crippen molar-refractivity contribution in [3.63, 3.8) is 0 Å². The average Bonchev–Trinajstić information content (AvgIpc) is 3.27. The summed E-state index contributed by atoms with van der Waals surface area (Å²) >= 11 is 0. The molecule has 24 heavy (non-hydrogen) atoms. The number of hydrogen-bond donors (Lipinski definition) is 1. The molecule has 1 atom stereocenters. The number of carbonyl (C=O) groups is 1. The summed E-state index contributed by atoms with van der Waals surface area (Å²) in [5.41, 5.74) is 2.24. The monoisotopic (exact) mass is 326 g/mol. The third-order valence-corrected chi connectivity index (χ3v) is 3.84. The first-order valence-corrected chi connectivity index (χ1v) is 7.40. The minimum Gasteiger partial charge on any atom is -0.491 e. The van der Waals surface area contributed by atoms with E-state index >= 15 is 0 Å². The number of carbonyl (C=O) groups excluding carboxylic acids is 1. The summed E-state index contributed by atoms with van der Waals surface area (Å²) in [6, 6.07) is 5.35. The van der Waals surface area contributed by atoms with Gasteiger partial charge in [0.1, 0.15) is 12.4 Å². The van der Waals surface area contributed by atoms with E-state index < -0.39 is 0 Å². The van der Waals surface area contributed by atoms with E-state index in [1.165, 1.54) is 6.39 Å². The van der Waals surface area contributed by atoms with Crippen LogP contribution in [0.5, 0.6) is 5.75 Å². The standard InChI is InChI=1S/C16H14N4O4/c1-8-14(23-7-17-8)16(21)19-12-6-22-13-5-10(3-4-11(12)13)15-18-9(2)24-20-15/h3-5,7,12H,6H2,1-2H3,(H,19,21). The molecule has 1 unspecified atom stereocenters. The molecule has 0 radical (unpaired) electrons. The number of amides is 1. The molecule has 2 aromatic heterocycles. The Morgan fingerprint density at radius 1 is 1.33 bits per heavy atom. The summed E-state index contributed by atoms with van der Waals surface area (Å²) in [5, 5.41) is 6.79. The Morgan fingerprint density at radius 3 is 2.92 bits per heavy atom. The van der Waals surface area contributed by atoms with E-state index in [-0.39, 0.29) is 17.7 Å². The molecule has 0 fully saturated rings. The molecule has 8 heteroatoms. The predicted octanol–water partition coefficient (Wildman–Crippen LogP) is 2.20. The molecule has 1 aliphatic rings. The molecule has 0 saturated carbocycles. The van der Waals surface area contributed by atoms with Gasteiger partial charge in [0.05, 0.1) is 11.7 Å². The van der Waals surface area contributed by atoms with E-state index in [9.17, 15) is 4.79 Å². The van der Waals surface area contributed by atoms with E-state index in [4.69, 9.17) is 13.7 Å². The Balaban J connectivity index is 1.56. The molecule has 122 valence electrons. The first-order chi connectivity index (χ1) is 11.6. The van der Waals surface area contributed by atoms with E-state index in [1.807, 2.05) is 18.2 Å². The zero-order valence-corrected chi connectivity index (χ0v) is 13.1. The Morgan fingerprint density at radius 2 is 2.21 bits per heavy atom. The van der Waals surface area contributed by atoms with E-state index in [0.717, 1.165) is 11.1 Å². The van der Waals surface area contributed by atoms with E-state index in [0.29, 0.717) is 29.8 Å². The lowest BCUT2D eigenvalue weighted by atomic mass is 10.1. The van der Waals surface area contributed by atoms with Crippen LogP contribution in [0.1, 0.15) is 33.7 Å². The maximum absolute atomic E-state index is 12.3. The van der Waals surface area contributed by atoms with Crippen LogP contribution in [-0.4, -0.2) is 27.6 Å². The van der Waals surface area contributed by atoms with Crippen molar-refractivity contribution in [2.75, 3.05) is 6.61 Å². The lowest BCUT2D eigenvalue weighted by Crippen LogP contribution is -2.29. The summed E-state index contributed by atoms with van der Waals surface area (Å²) in [4.78, 5) is 20.4. The van der Waals surface area contributed by atoms with Gasteiger partial charge in [0.25, 0.3) is 5.91 Å². The van der Waals surface area contributed by atoms with E-state index in [1.54, 1.807) is 13.8 Å². The summed E-state index contributed by atoms with van der Waals surface area (Å²) in [7, 11) is 0. The summed E-state index contributed by atoms with van der Waals surface area (Å²) in [6.45, 7) is 3.80. The van der Waals surface area contributed by atoms with Gasteiger partial charge >= 0.3 is 0 Å². The molecular formula is C16H14N4O4. The SMILES string of the molecule is Cc1nc(-c2ccc3c(c2)OCC3NC(=O)c2ocnc2C)no1. The molecule has 0 saturated heterocycles. The normalized spacial score (nSPS) is 15.8. The van der Waals surface area contributed by atoms with Crippen LogP contribution in [0.3, 0.4) is 0 Å². The lowest BCUT2D eigenvalue weighted by molar-refractivity contribution is 0.0901. The fraction of sp³-hybridized carbons (Fsp3) is 0.250. The van der Waals surface area contributed by atoms with Crippen molar-refractivity contribution in [3.05, 3.63) is 47.5 Å². The number of nitrogens with one attached hydrogen (secondary N) is 1. The molecule has 0 bridgehead atoms. The number of rotatable bonds is 3. The van der Waals surface area contributed by atoms with Crippen LogP contribution in [0, 0.1) is 13.8 Å². The van der Waals surface area contributed by atoms with Gasteiger partial charge in [-0.3, -0.25) is 4.79 Å². The molecule has 4 rings (SSSR count). The average molecular weight is 326 g/mol. The molecule has 0 aliphatic carbocycles. The fourth-order valence-electron chi connectivity index (χ4n) is 2.63. The highest BCUT2D eigenvalue weighted by atomic mass is 16.5. The predicted molar refractivity (Wildman–Crippen MR) is 81.4 cm³/mol. The van der Waals surface area contributed by atoms with Gasteiger partial charge in [0.15, 0.2) is 6.39 Å². The van der Waals surface area contributed by atoms with Crippen molar-refractivity contribution in [1.29, 1.82) is 0 Å². The van der Waals surface area contributed by atoms with Gasteiger partial charge in [0, 0.05) is 18.1 Å². The lowest BCUT2D eigenvalue weighted by Gasteiger charge is -2.10. The van der Waals surface area contributed by atoms with E-state index in [2.05, 4.69) is 20.4 Å². The Bertz CT molecular complexity index is 914. The maximum Gasteiger partial charge on any atom is 0.289 e. The van der Waals surface area contributed by atoms with Gasteiger partial charge in [-0.15, -0.1) is 0 Å². The number of aromatic nitrogens is 3. The zero-order valence-electron chi connectivity index (χ0n) is 13.1. The van der Waals surface area contributed by atoms with Crippen LogP contribution in [0.2, 0.25) is 0 Å². The number of fused-ring (bicyclic) bond motifs is 1. The minimum absolute atomic E-state index is 0.211. The van der Waals surface area contributed by atoms with Crippen molar-refractivity contribution in [3.8, 4) is 17.1 Å². The summed E-state index contributed by atoms with van der Waals surface area (Å²) < 4.78 is 15.8. The molecule has 0 spiro atoms. The van der Waals surface area contributed by atoms with Crippen molar-refractivity contribution >= 4 is 5.91 Å². The molecule has 1 aromatic carbocycles. The highest BCUT2D eigenvalue weighted by molar-refractivity contribution is 5.92. The number of oxazole rings is 1. The number of hydrogen-bond acceptors (Lipinski definition) is 7. The molecule has 3 heterocycles. The molecule has 8 nitrogen and oxygen atoms in total. The number of aryl methyl sites for hydroxylation is 2. The smallest absolute Gasteiger partial charge is 0.289 e. The molecule has 1 N–H and O–H groups in total. The van der Waals surface area contributed by atoms with Crippen LogP contribution in [0.4, 0.5) is 0 Å². The minimum atomic E-state index is -0.315. The molecule has 1 amide bonds. The van der Waals surface area contributed by atoms with Crippen LogP contribution in [-0.2, 0) is 0 Å². The van der Waals surface area contributed by atoms with Gasteiger partial charge < -0.3 is 19.0 Å². The van der Waals surface area contributed by atoms with Crippen LogP contribution in [0.25, 0.3) is 11.4 Å². The Hall–Kier alpha value is -3.16. The number of nitrogens with zero attached hydrogens (tertiary/aromatic N) is 3. The second-order valence-corrected chi connectivity index (χ2v) is 5.49. The quantitative estimate of drug-likeness (QED) is 0.787. The Kier molecular flexibility index (Phi) is 3.30. The molecular weight excluding hydrogens is 312 g/mol. The zero-order chi connectivity index (χ0) is 16.7. The number of benzene rings is 1. The van der Waals surface area contributed by atoms with Gasteiger partial charge in [0.2, 0.25) is 17.5 Å². The van der Waals surface area contributed by atoms with Crippen molar-refractivity contribution in [2.45, 2.75) is 19.9 Å². The molecule has 1 aliphatic heterocycles. The van der Waals surface area contributed by atoms with Crippen LogP contribution < -0.4 is 10.1 Å².